The summed E-state index contributed by atoms with van der Waals surface area (Å²) in [7, 11) is -4.61. The Balaban J connectivity index is 1.82. The topological polar surface area (TPSA) is 83.8 Å². The van der Waals surface area contributed by atoms with E-state index in [2.05, 4.69) is 6.92 Å². The number of phenols is 1. The molecular weight excluding hydrogens is 412 g/mol. The lowest BCUT2D eigenvalue weighted by Gasteiger charge is -2.14. The van der Waals surface area contributed by atoms with Crippen LogP contribution < -0.4 is 4.74 Å². The Morgan fingerprint density at radius 3 is 1.90 bits per heavy atom. The van der Waals surface area contributed by atoms with Crippen molar-refractivity contribution in [2.75, 3.05) is 0 Å². The van der Waals surface area contributed by atoms with Gasteiger partial charge in [-0.3, -0.25) is 4.55 Å². The van der Waals surface area contributed by atoms with Gasteiger partial charge in [0.25, 0.3) is 0 Å². The molecule has 0 aliphatic rings. The highest BCUT2D eigenvalue weighted by Gasteiger charge is 2.22. The average Bonchev–Trinajstić information content (AvgIpc) is 2.72. The molecule has 0 heterocycles. The molecular formula is C25H36O5S. The van der Waals surface area contributed by atoms with Crippen molar-refractivity contribution in [2.45, 2.75) is 88.9 Å². The Morgan fingerprint density at radius 1 is 0.742 bits per heavy atom. The lowest BCUT2D eigenvalue weighted by atomic mass is 10.0. The number of aryl methyl sites for hydroxylation is 1. The van der Waals surface area contributed by atoms with Gasteiger partial charge in [-0.15, -0.1) is 0 Å². The molecule has 0 bridgehead atoms. The molecule has 6 heteroatoms. The fraction of sp³-hybridized carbons (Fsp3) is 0.520. The van der Waals surface area contributed by atoms with Crippen LogP contribution in [0, 0.1) is 0 Å². The minimum absolute atomic E-state index is 0.0890. The van der Waals surface area contributed by atoms with Crippen molar-refractivity contribution < 1.29 is 22.8 Å². The monoisotopic (exact) mass is 448 g/mol. The van der Waals surface area contributed by atoms with Crippen molar-refractivity contribution in [1.82, 2.24) is 0 Å². The van der Waals surface area contributed by atoms with Crippen molar-refractivity contribution in [3.8, 4) is 17.2 Å². The number of ether oxygens (including phenoxy) is 1. The summed E-state index contributed by atoms with van der Waals surface area (Å²) in [6, 6.07) is 11.6. The molecule has 0 aromatic heterocycles. The maximum absolute atomic E-state index is 11.6. The van der Waals surface area contributed by atoms with Gasteiger partial charge in [0.15, 0.2) is 10.6 Å². The first kappa shape index (κ1) is 25.2. The fourth-order valence-corrected chi connectivity index (χ4v) is 4.45. The molecule has 0 saturated carbocycles. The third-order valence-electron chi connectivity index (χ3n) is 5.46. The van der Waals surface area contributed by atoms with Crippen LogP contribution in [0.15, 0.2) is 47.4 Å². The Morgan fingerprint density at radius 2 is 1.29 bits per heavy atom. The number of hydrogen-bond donors (Lipinski definition) is 2. The summed E-state index contributed by atoms with van der Waals surface area (Å²) >= 11 is 0. The number of hydrogen-bond acceptors (Lipinski definition) is 4. The molecule has 0 atom stereocenters. The van der Waals surface area contributed by atoms with Crippen LogP contribution in [0.3, 0.4) is 0 Å². The van der Waals surface area contributed by atoms with Crippen LogP contribution in [0.4, 0.5) is 0 Å². The molecule has 5 nitrogen and oxygen atoms in total. The fourth-order valence-electron chi connectivity index (χ4n) is 3.75. The minimum Gasteiger partial charge on any atom is -0.506 e. The second kappa shape index (κ2) is 13.4. The SMILES string of the molecule is CCCCCCCCCCCCCc1ccccc1Oc1cccc(O)c1S(=O)(=O)O. The first-order chi connectivity index (χ1) is 14.9. The second-order valence-electron chi connectivity index (χ2n) is 8.07. The Hall–Kier alpha value is -2.05. The van der Waals surface area contributed by atoms with E-state index in [9.17, 15) is 18.1 Å². The minimum atomic E-state index is -4.61. The van der Waals surface area contributed by atoms with Gasteiger partial charge in [-0.05, 0) is 36.6 Å². The molecule has 0 aliphatic carbocycles. The van der Waals surface area contributed by atoms with Gasteiger partial charge in [0.1, 0.15) is 11.5 Å². The zero-order valence-electron chi connectivity index (χ0n) is 18.6. The van der Waals surface area contributed by atoms with Crippen molar-refractivity contribution in [3.05, 3.63) is 48.0 Å². The van der Waals surface area contributed by atoms with Crippen molar-refractivity contribution >= 4 is 10.1 Å². The van der Waals surface area contributed by atoms with Crippen molar-refractivity contribution in [1.29, 1.82) is 0 Å². The normalized spacial score (nSPS) is 11.5. The van der Waals surface area contributed by atoms with Crippen molar-refractivity contribution in [2.24, 2.45) is 0 Å². The van der Waals surface area contributed by atoms with Crippen LogP contribution in [0.25, 0.3) is 0 Å². The van der Waals surface area contributed by atoms with E-state index in [0.29, 0.717) is 5.75 Å². The van der Waals surface area contributed by atoms with Crippen LogP contribution >= 0.6 is 0 Å². The number of benzene rings is 2. The predicted octanol–water partition coefficient (Wildman–Crippen LogP) is 7.28. The number of aromatic hydroxyl groups is 1. The van der Waals surface area contributed by atoms with Gasteiger partial charge in [-0.2, -0.15) is 8.42 Å². The summed E-state index contributed by atoms with van der Waals surface area (Å²) in [5.74, 6) is -0.0955. The first-order valence-electron chi connectivity index (χ1n) is 11.5. The van der Waals surface area contributed by atoms with E-state index in [4.69, 9.17) is 4.74 Å². The summed E-state index contributed by atoms with van der Waals surface area (Å²) in [5, 5.41) is 9.87. The van der Waals surface area contributed by atoms with Crippen molar-refractivity contribution in [3.63, 3.8) is 0 Å². The van der Waals surface area contributed by atoms with Crippen LogP contribution in [0.5, 0.6) is 17.2 Å². The summed E-state index contributed by atoms with van der Waals surface area (Å²) in [4.78, 5) is -0.612. The van der Waals surface area contributed by atoms with E-state index in [0.717, 1.165) is 24.8 Å². The highest BCUT2D eigenvalue weighted by molar-refractivity contribution is 7.86. The molecule has 0 radical (unpaired) electrons. The summed E-state index contributed by atoms with van der Waals surface area (Å²) in [5.41, 5.74) is 0.975. The second-order valence-corrected chi connectivity index (χ2v) is 9.43. The molecule has 0 aliphatic heterocycles. The molecule has 0 fully saturated rings. The van der Waals surface area contributed by atoms with Gasteiger partial charge in [0.05, 0.1) is 0 Å². The van der Waals surface area contributed by atoms with E-state index in [1.807, 2.05) is 18.2 Å². The number of unbranched alkanes of at least 4 members (excludes halogenated alkanes) is 10. The molecule has 2 N–H and O–H groups in total. The largest absolute Gasteiger partial charge is 0.506 e. The third kappa shape index (κ3) is 8.91. The first-order valence-corrected chi connectivity index (χ1v) is 12.9. The lowest BCUT2D eigenvalue weighted by molar-refractivity contribution is 0.413. The van der Waals surface area contributed by atoms with E-state index in [1.165, 1.54) is 76.0 Å². The van der Waals surface area contributed by atoms with Crippen LogP contribution in [-0.2, 0) is 16.5 Å². The summed E-state index contributed by atoms with van der Waals surface area (Å²) < 4.78 is 38.5. The van der Waals surface area contributed by atoms with E-state index >= 15 is 0 Å². The van der Waals surface area contributed by atoms with Gasteiger partial charge >= 0.3 is 10.1 Å². The quantitative estimate of drug-likeness (QED) is 0.221. The van der Waals surface area contributed by atoms with E-state index < -0.39 is 20.8 Å². The molecule has 172 valence electrons. The van der Waals surface area contributed by atoms with Crippen LogP contribution in [0.1, 0.15) is 83.1 Å². The molecule has 0 amide bonds. The van der Waals surface area contributed by atoms with Gasteiger partial charge in [-0.25, -0.2) is 0 Å². The molecule has 31 heavy (non-hydrogen) atoms. The Kier molecular flexibility index (Phi) is 10.9. The number of para-hydroxylation sites is 1. The Labute approximate surface area is 187 Å². The maximum atomic E-state index is 11.6. The molecule has 2 aromatic rings. The molecule has 0 unspecified atom stereocenters. The molecule has 0 saturated heterocycles. The third-order valence-corrected chi connectivity index (χ3v) is 6.38. The average molecular weight is 449 g/mol. The molecule has 0 spiro atoms. The highest BCUT2D eigenvalue weighted by atomic mass is 32.2. The number of rotatable bonds is 15. The van der Waals surface area contributed by atoms with Gasteiger partial charge in [0.2, 0.25) is 0 Å². The standard InChI is InChI=1S/C25H36O5S/c1-2-3-4-5-6-7-8-9-10-11-12-16-21-17-13-14-19-23(21)30-24-20-15-18-22(26)25(24)31(27,28)29/h13-15,17-20,26H,2-12,16H2,1H3,(H,27,28,29). The van der Waals surface area contributed by atoms with E-state index in [1.54, 1.807) is 6.07 Å². The van der Waals surface area contributed by atoms with Crippen LogP contribution in [-0.4, -0.2) is 18.1 Å². The highest BCUT2D eigenvalue weighted by Crippen LogP contribution is 2.36. The van der Waals surface area contributed by atoms with E-state index in [-0.39, 0.29) is 5.75 Å². The van der Waals surface area contributed by atoms with Crippen LogP contribution in [0.2, 0.25) is 0 Å². The number of phenolic OH excluding ortho intramolecular Hbond substituents is 1. The maximum Gasteiger partial charge on any atom is 0.301 e. The van der Waals surface area contributed by atoms with Gasteiger partial charge in [-0.1, -0.05) is 95.4 Å². The summed E-state index contributed by atoms with van der Waals surface area (Å²) in [6.45, 7) is 2.24. The molecule has 2 aromatic carbocycles. The van der Waals surface area contributed by atoms with Gasteiger partial charge < -0.3 is 9.84 Å². The lowest BCUT2D eigenvalue weighted by Crippen LogP contribution is -2.02. The predicted molar refractivity (Wildman–Crippen MR) is 125 cm³/mol. The summed E-state index contributed by atoms with van der Waals surface area (Å²) in [6.07, 6.45) is 14.9. The molecule has 2 rings (SSSR count). The zero-order valence-corrected chi connectivity index (χ0v) is 19.4. The Bertz CT molecular complexity index is 893. The zero-order chi connectivity index (χ0) is 22.5. The smallest absolute Gasteiger partial charge is 0.301 e. The van der Waals surface area contributed by atoms with Gasteiger partial charge in [0, 0.05) is 0 Å².